The molecule has 0 aromatic rings. The SMILES string of the molecule is CC(C)(C)[C@@H](O)CNCCNC[C@H](O)C(C)(C)C. The predicted molar refractivity (Wildman–Crippen MR) is 76.7 cm³/mol. The Balaban J connectivity index is 3.53. The number of aliphatic hydroxyl groups excluding tert-OH is 2. The van der Waals surface area contributed by atoms with Crippen LogP contribution in [0.15, 0.2) is 0 Å². The lowest BCUT2D eigenvalue weighted by Crippen LogP contribution is -2.41. The quantitative estimate of drug-likeness (QED) is 0.515. The molecule has 0 bridgehead atoms. The van der Waals surface area contributed by atoms with E-state index in [0.717, 1.165) is 13.1 Å². The van der Waals surface area contributed by atoms with Crippen molar-refractivity contribution in [3.63, 3.8) is 0 Å². The molecule has 2 atom stereocenters. The Kier molecular flexibility index (Phi) is 7.37. The molecule has 4 N–H and O–H groups in total. The molecule has 110 valence electrons. The van der Waals surface area contributed by atoms with Crippen LogP contribution in [0.3, 0.4) is 0 Å². The summed E-state index contributed by atoms with van der Waals surface area (Å²) in [6.45, 7) is 15.0. The van der Waals surface area contributed by atoms with Gasteiger partial charge in [0.05, 0.1) is 12.2 Å². The van der Waals surface area contributed by atoms with Crippen molar-refractivity contribution in [2.75, 3.05) is 26.2 Å². The van der Waals surface area contributed by atoms with Crippen molar-refractivity contribution in [2.45, 2.75) is 53.8 Å². The van der Waals surface area contributed by atoms with Gasteiger partial charge in [-0.2, -0.15) is 0 Å². The van der Waals surface area contributed by atoms with Gasteiger partial charge in [0.15, 0.2) is 0 Å². The minimum atomic E-state index is -0.335. The van der Waals surface area contributed by atoms with E-state index in [1.54, 1.807) is 0 Å². The van der Waals surface area contributed by atoms with E-state index in [2.05, 4.69) is 10.6 Å². The fourth-order valence-electron chi connectivity index (χ4n) is 1.27. The molecule has 4 nitrogen and oxygen atoms in total. The summed E-state index contributed by atoms with van der Waals surface area (Å²) >= 11 is 0. The first-order chi connectivity index (χ1) is 8.05. The minimum absolute atomic E-state index is 0.0805. The lowest BCUT2D eigenvalue weighted by molar-refractivity contribution is 0.0602. The lowest BCUT2D eigenvalue weighted by Gasteiger charge is -2.27. The topological polar surface area (TPSA) is 64.5 Å². The van der Waals surface area contributed by atoms with Crippen LogP contribution in [0.2, 0.25) is 0 Å². The fourth-order valence-corrected chi connectivity index (χ4v) is 1.27. The standard InChI is InChI=1S/C14H32N2O2/c1-13(2,3)11(17)9-15-7-8-16-10-12(18)14(4,5)6/h11-12,15-18H,7-10H2,1-6H3/t11-,12-/m0/s1. The van der Waals surface area contributed by atoms with Gasteiger partial charge in [0.1, 0.15) is 0 Å². The van der Waals surface area contributed by atoms with Gasteiger partial charge in [0.25, 0.3) is 0 Å². The molecule has 0 aliphatic carbocycles. The molecule has 0 amide bonds. The van der Waals surface area contributed by atoms with E-state index < -0.39 is 0 Å². The highest BCUT2D eigenvalue weighted by atomic mass is 16.3. The third kappa shape index (κ3) is 8.03. The van der Waals surface area contributed by atoms with Crippen LogP contribution < -0.4 is 10.6 Å². The van der Waals surface area contributed by atoms with E-state index in [1.807, 2.05) is 41.5 Å². The van der Waals surface area contributed by atoms with E-state index in [0.29, 0.717) is 13.1 Å². The van der Waals surface area contributed by atoms with Gasteiger partial charge in [0.2, 0.25) is 0 Å². The van der Waals surface area contributed by atoms with Gasteiger partial charge in [-0.25, -0.2) is 0 Å². The van der Waals surface area contributed by atoms with E-state index >= 15 is 0 Å². The molecule has 0 rings (SSSR count). The zero-order valence-electron chi connectivity index (χ0n) is 12.9. The molecule has 0 aliphatic rings. The molecular weight excluding hydrogens is 228 g/mol. The first-order valence-electron chi connectivity index (χ1n) is 6.82. The first kappa shape index (κ1) is 17.8. The number of hydrogen-bond acceptors (Lipinski definition) is 4. The molecule has 18 heavy (non-hydrogen) atoms. The van der Waals surface area contributed by atoms with Crippen molar-refractivity contribution >= 4 is 0 Å². The van der Waals surface area contributed by atoms with Crippen LogP contribution in [0.4, 0.5) is 0 Å². The van der Waals surface area contributed by atoms with Crippen molar-refractivity contribution in [1.29, 1.82) is 0 Å². The number of nitrogens with one attached hydrogen (secondary N) is 2. The largest absolute Gasteiger partial charge is 0.391 e. The summed E-state index contributed by atoms with van der Waals surface area (Å²) in [5, 5.41) is 26.0. The number of hydrogen-bond donors (Lipinski definition) is 4. The Bertz CT molecular complexity index is 195. The maximum Gasteiger partial charge on any atom is 0.0712 e. The van der Waals surface area contributed by atoms with Crippen LogP contribution in [-0.2, 0) is 0 Å². The van der Waals surface area contributed by atoms with Crippen LogP contribution in [0.1, 0.15) is 41.5 Å². The Morgan fingerprint density at radius 3 is 1.22 bits per heavy atom. The monoisotopic (exact) mass is 260 g/mol. The summed E-state index contributed by atoms with van der Waals surface area (Å²) in [6, 6.07) is 0. The van der Waals surface area contributed by atoms with Crippen LogP contribution in [0.25, 0.3) is 0 Å². The van der Waals surface area contributed by atoms with Crippen molar-refractivity contribution in [1.82, 2.24) is 10.6 Å². The van der Waals surface area contributed by atoms with Crippen molar-refractivity contribution in [2.24, 2.45) is 10.8 Å². The molecule has 0 radical (unpaired) electrons. The second-order valence-corrected chi connectivity index (χ2v) is 7.17. The second-order valence-electron chi connectivity index (χ2n) is 7.17. The smallest absolute Gasteiger partial charge is 0.0712 e. The summed E-state index contributed by atoms with van der Waals surface area (Å²) in [5.74, 6) is 0. The first-order valence-corrected chi connectivity index (χ1v) is 6.82. The summed E-state index contributed by atoms with van der Waals surface area (Å²) < 4.78 is 0. The highest BCUT2D eigenvalue weighted by molar-refractivity contribution is 4.76. The van der Waals surface area contributed by atoms with Crippen LogP contribution in [-0.4, -0.2) is 48.6 Å². The Labute approximate surface area is 112 Å². The third-order valence-corrected chi connectivity index (χ3v) is 3.15. The molecule has 0 spiro atoms. The Hall–Kier alpha value is -0.160. The summed E-state index contributed by atoms with van der Waals surface area (Å²) in [6.07, 6.45) is -0.671. The van der Waals surface area contributed by atoms with Gasteiger partial charge in [-0.3, -0.25) is 0 Å². The molecular formula is C14H32N2O2. The molecule has 0 saturated carbocycles. The maximum atomic E-state index is 9.81. The number of rotatable bonds is 7. The molecule has 0 aliphatic heterocycles. The normalized spacial score (nSPS) is 16.7. The van der Waals surface area contributed by atoms with Gasteiger partial charge in [0, 0.05) is 26.2 Å². The Morgan fingerprint density at radius 2 is 1.00 bits per heavy atom. The van der Waals surface area contributed by atoms with Crippen molar-refractivity contribution < 1.29 is 10.2 Å². The van der Waals surface area contributed by atoms with Crippen LogP contribution in [0, 0.1) is 10.8 Å². The van der Waals surface area contributed by atoms with Gasteiger partial charge >= 0.3 is 0 Å². The molecule has 0 saturated heterocycles. The molecule has 0 fully saturated rings. The highest BCUT2D eigenvalue weighted by Crippen LogP contribution is 2.18. The van der Waals surface area contributed by atoms with Gasteiger partial charge < -0.3 is 20.8 Å². The van der Waals surface area contributed by atoms with Crippen LogP contribution >= 0.6 is 0 Å². The van der Waals surface area contributed by atoms with Crippen LogP contribution in [0.5, 0.6) is 0 Å². The lowest BCUT2D eigenvalue weighted by atomic mass is 9.89. The van der Waals surface area contributed by atoms with E-state index in [9.17, 15) is 10.2 Å². The summed E-state index contributed by atoms with van der Waals surface area (Å²) in [4.78, 5) is 0. The second kappa shape index (κ2) is 7.43. The maximum absolute atomic E-state index is 9.81. The van der Waals surface area contributed by atoms with Crippen molar-refractivity contribution in [3.8, 4) is 0 Å². The Morgan fingerprint density at radius 1 is 0.722 bits per heavy atom. The number of aliphatic hydroxyl groups is 2. The average Bonchev–Trinajstić information content (AvgIpc) is 2.19. The molecule has 0 heterocycles. The van der Waals surface area contributed by atoms with E-state index in [1.165, 1.54) is 0 Å². The van der Waals surface area contributed by atoms with Crippen molar-refractivity contribution in [3.05, 3.63) is 0 Å². The molecule has 4 heteroatoms. The van der Waals surface area contributed by atoms with Gasteiger partial charge in [-0.05, 0) is 10.8 Å². The zero-order valence-corrected chi connectivity index (χ0v) is 12.9. The highest BCUT2D eigenvalue weighted by Gasteiger charge is 2.22. The minimum Gasteiger partial charge on any atom is -0.391 e. The summed E-state index contributed by atoms with van der Waals surface area (Å²) in [5.41, 5.74) is -0.161. The third-order valence-electron chi connectivity index (χ3n) is 3.15. The zero-order chi connectivity index (χ0) is 14.4. The van der Waals surface area contributed by atoms with Gasteiger partial charge in [-0.1, -0.05) is 41.5 Å². The predicted octanol–water partition coefficient (Wildman–Crippen LogP) is 0.980. The summed E-state index contributed by atoms with van der Waals surface area (Å²) in [7, 11) is 0. The fraction of sp³-hybridized carbons (Fsp3) is 1.00. The molecule has 0 aromatic heterocycles. The molecule has 0 aromatic carbocycles. The van der Waals surface area contributed by atoms with Gasteiger partial charge in [-0.15, -0.1) is 0 Å². The molecule has 0 unspecified atom stereocenters. The van der Waals surface area contributed by atoms with E-state index in [-0.39, 0.29) is 23.0 Å². The van der Waals surface area contributed by atoms with E-state index in [4.69, 9.17) is 0 Å². The average molecular weight is 260 g/mol.